The number of hydrogen-bond acceptors (Lipinski definition) is 2. The Morgan fingerprint density at radius 2 is 2.12 bits per heavy atom. The molecule has 0 amide bonds. The normalized spacial score (nSPS) is 17.4. The Balaban J connectivity index is 2.28. The molecular weight excluding hydrogens is 212 g/mol. The summed E-state index contributed by atoms with van der Waals surface area (Å²) in [6, 6.07) is 8.04. The first-order valence-electron chi connectivity index (χ1n) is 5.97. The molecule has 0 aliphatic heterocycles. The molecule has 0 bridgehead atoms. The highest BCUT2D eigenvalue weighted by atomic mass is 16.3. The molecule has 2 heteroatoms. The summed E-state index contributed by atoms with van der Waals surface area (Å²) in [4.78, 5) is 11.3. The number of rotatable bonds is 1. The van der Waals surface area contributed by atoms with Gasteiger partial charge in [-0.15, -0.1) is 0 Å². The van der Waals surface area contributed by atoms with E-state index in [-0.39, 0.29) is 5.78 Å². The highest BCUT2D eigenvalue weighted by molar-refractivity contribution is 6.01. The number of carbonyl (C=O) groups is 1. The molecule has 0 fully saturated rings. The Kier molecular flexibility index (Phi) is 2.36. The zero-order chi connectivity index (χ0) is 11.8. The zero-order valence-corrected chi connectivity index (χ0v) is 9.82. The maximum absolute atomic E-state index is 11.3. The topological polar surface area (TPSA) is 30.2 Å². The molecule has 1 aromatic carbocycles. The van der Waals surface area contributed by atoms with Crippen molar-refractivity contribution < 1.29 is 9.21 Å². The van der Waals surface area contributed by atoms with Crippen LogP contribution in [-0.4, -0.2) is 5.78 Å². The molecule has 1 aromatic heterocycles. The van der Waals surface area contributed by atoms with Crippen LogP contribution in [0, 0.1) is 0 Å². The van der Waals surface area contributed by atoms with Crippen LogP contribution in [0.1, 0.15) is 31.1 Å². The number of ketones is 1. The van der Waals surface area contributed by atoms with Gasteiger partial charge in [0, 0.05) is 17.4 Å². The van der Waals surface area contributed by atoms with Gasteiger partial charge < -0.3 is 4.42 Å². The van der Waals surface area contributed by atoms with Crippen LogP contribution in [0.4, 0.5) is 0 Å². The summed E-state index contributed by atoms with van der Waals surface area (Å²) in [5.74, 6) is 1.14. The van der Waals surface area contributed by atoms with E-state index < -0.39 is 0 Å². The fourth-order valence-electron chi connectivity index (χ4n) is 2.58. The van der Waals surface area contributed by atoms with Crippen LogP contribution in [0.25, 0.3) is 16.5 Å². The smallest absolute Gasteiger partial charge is 0.152 e. The molecule has 1 aliphatic carbocycles. The van der Waals surface area contributed by atoms with Crippen LogP contribution in [0.3, 0.4) is 0 Å². The van der Waals surface area contributed by atoms with E-state index in [1.54, 1.807) is 13.0 Å². The van der Waals surface area contributed by atoms with Crippen molar-refractivity contribution in [3.63, 3.8) is 0 Å². The summed E-state index contributed by atoms with van der Waals surface area (Å²) in [5, 5.41) is 1.13. The molecule has 0 radical (unpaired) electrons. The lowest BCUT2D eigenvalue weighted by Gasteiger charge is -2.13. The van der Waals surface area contributed by atoms with E-state index in [1.807, 2.05) is 18.2 Å². The molecule has 86 valence electrons. The van der Waals surface area contributed by atoms with Crippen LogP contribution in [0.15, 0.2) is 34.8 Å². The lowest BCUT2D eigenvalue weighted by Crippen LogP contribution is -2.00. The Labute approximate surface area is 99.9 Å². The molecule has 0 saturated carbocycles. The van der Waals surface area contributed by atoms with E-state index >= 15 is 0 Å². The number of furan rings is 1. The highest BCUT2D eigenvalue weighted by Crippen LogP contribution is 2.38. The Hall–Kier alpha value is -1.83. The summed E-state index contributed by atoms with van der Waals surface area (Å²) < 4.78 is 5.85. The first-order valence-corrected chi connectivity index (χ1v) is 5.97. The SMILES string of the molecule is CC(=O)/C=C1\CCCc2oc3ccccc3c21. The van der Waals surface area contributed by atoms with E-state index in [4.69, 9.17) is 4.42 Å². The van der Waals surface area contributed by atoms with Gasteiger partial charge in [0.15, 0.2) is 5.78 Å². The largest absolute Gasteiger partial charge is 0.460 e. The Bertz CT molecular complexity index is 617. The fraction of sp³-hybridized carbons (Fsp3) is 0.267. The highest BCUT2D eigenvalue weighted by Gasteiger charge is 2.21. The molecule has 2 nitrogen and oxygen atoms in total. The van der Waals surface area contributed by atoms with Gasteiger partial charge in [0.2, 0.25) is 0 Å². The fourth-order valence-corrected chi connectivity index (χ4v) is 2.58. The molecule has 0 spiro atoms. The van der Waals surface area contributed by atoms with Gasteiger partial charge >= 0.3 is 0 Å². The number of para-hydroxylation sites is 1. The second-order valence-electron chi connectivity index (χ2n) is 4.53. The Morgan fingerprint density at radius 3 is 2.94 bits per heavy atom. The van der Waals surface area contributed by atoms with E-state index in [9.17, 15) is 4.79 Å². The molecule has 0 saturated heterocycles. The molecule has 17 heavy (non-hydrogen) atoms. The summed E-state index contributed by atoms with van der Waals surface area (Å²) in [6.07, 6.45) is 4.75. The summed E-state index contributed by atoms with van der Waals surface area (Å²) >= 11 is 0. The second-order valence-corrected chi connectivity index (χ2v) is 4.53. The van der Waals surface area contributed by atoms with Crippen LogP contribution in [0.5, 0.6) is 0 Å². The lowest BCUT2D eigenvalue weighted by atomic mass is 9.90. The minimum Gasteiger partial charge on any atom is -0.460 e. The van der Waals surface area contributed by atoms with E-state index in [0.29, 0.717) is 0 Å². The second kappa shape index (κ2) is 3.88. The third-order valence-electron chi connectivity index (χ3n) is 3.22. The number of allylic oxidation sites excluding steroid dienone is 2. The lowest BCUT2D eigenvalue weighted by molar-refractivity contribution is -0.112. The minimum absolute atomic E-state index is 0.109. The average Bonchev–Trinajstić information content (AvgIpc) is 2.67. The number of carbonyl (C=O) groups excluding carboxylic acids is 1. The van der Waals surface area contributed by atoms with Gasteiger partial charge in [0.25, 0.3) is 0 Å². The first kappa shape index (κ1) is 10.3. The third-order valence-corrected chi connectivity index (χ3v) is 3.22. The van der Waals surface area contributed by atoms with Crippen molar-refractivity contribution >= 4 is 22.3 Å². The number of fused-ring (bicyclic) bond motifs is 3. The van der Waals surface area contributed by atoms with Gasteiger partial charge in [-0.2, -0.15) is 0 Å². The molecule has 0 unspecified atom stereocenters. The van der Waals surface area contributed by atoms with E-state index in [1.165, 1.54) is 0 Å². The van der Waals surface area contributed by atoms with Crippen molar-refractivity contribution in [3.05, 3.63) is 41.7 Å². The van der Waals surface area contributed by atoms with Crippen LogP contribution < -0.4 is 0 Å². The molecule has 3 rings (SSSR count). The van der Waals surface area contributed by atoms with Crippen molar-refractivity contribution in [1.29, 1.82) is 0 Å². The van der Waals surface area contributed by atoms with Crippen molar-refractivity contribution in [3.8, 4) is 0 Å². The monoisotopic (exact) mass is 226 g/mol. The summed E-state index contributed by atoms with van der Waals surface area (Å²) in [6.45, 7) is 1.60. The van der Waals surface area contributed by atoms with Gasteiger partial charge in [-0.3, -0.25) is 4.79 Å². The molecule has 1 heterocycles. The van der Waals surface area contributed by atoms with Gasteiger partial charge in [0.05, 0.1) is 0 Å². The third kappa shape index (κ3) is 1.70. The van der Waals surface area contributed by atoms with Gasteiger partial charge in [-0.25, -0.2) is 0 Å². The van der Waals surface area contributed by atoms with Crippen LogP contribution in [-0.2, 0) is 11.2 Å². The number of aryl methyl sites for hydroxylation is 1. The molecular formula is C15H14O2. The van der Waals surface area contributed by atoms with Gasteiger partial charge in [0.1, 0.15) is 11.3 Å². The number of hydrogen-bond donors (Lipinski definition) is 0. The van der Waals surface area contributed by atoms with E-state index in [0.717, 1.165) is 47.1 Å². The molecule has 0 N–H and O–H groups in total. The molecule has 1 aliphatic rings. The predicted octanol–water partition coefficient (Wildman–Crippen LogP) is 3.74. The van der Waals surface area contributed by atoms with Gasteiger partial charge in [-0.05, 0) is 37.5 Å². The van der Waals surface area contributed by atoms with Crippen LogP contribution in [0.2, 0.25) is 0 Å². The van der Waals surface area contributed by atoms with E-state index in [2.05, 4.69) is 6.07 Å². The molecule has 2 aromatic rings. The average molecular weight is 226 g/mol. The maximum Gasteiger partial charge on any atom is 0.152 e. The van der Waals surface area contributed by atoms with Crippen molar-refractivity contribution in [1.82, 2.24) is 0 Å². The summed E-state index contributed by atoms with van der Waals surface area (Å²) in [7, 11) is 0. The first-order chi connectivity index (χ1) is 8.25. The quantitative estimate of drug-likeness (QED) is 0.693. The van der Waals surface area contributed by atoms with Crippen molar-refractivity contribution in [2.24, 2.45) is 0 Å². The van der Waals surface area contributed by atoms with Crippen molar-refractivity contribution in [2.75, 3.05) is 0 Å². The van der Waals surface area contributed by atoms with Crippen molar-refractivity contribution in [2.45, 2.75) is 26.2 Å². The molecule has 0 atom stereocenters. The standard InChI is InChI=1S/C15H14O2/c1-10(16)9-11-5-4-8-14-15(11)12-6-2-3-7-13(12)17-14/h2-3,6-7,9H,4-5,8H2,1H3/b11-9+. The zero-order valence-electron chi connectivity index (χ0n) is 9.82. The van der Waals surface area contributed by atoms with Gasteiger partial charge in [-0.1, -0.05) is 18.2 Å². The Morgan fingerprint density at radius 1 is 1.29 bits per heavy atom. The summed E-state index contributed by atoms with van der Waals surface area (Å²) in [5.41, 5.74) is 3.21. The number of benzene rings is 1. The maximum atomic E-state index is 11.3. The minimum atomic E-state index is 0.109. The predicted molar refractivity (Wildman–Crippen MR) is 67.8 cm³/mol. The van der Waals surface area contributed by atoms with Crippen LogP contribution >= 0.6 is 0 Å².